The fourth-order valence-corrected chi connectivity index (χ4v) is 7.21. The molecule has 0 aromatic heterocycles. The van der Waals surface area contributed by atoms with E-state index in [1.54, 1.807) is 32.4 Å². The molecule has 1 amide bonds. The molecule has 4 aliphatic rings. The first-order valence-corrected chi connectivity index (χ1v) is 11.5. The molecule has 2 aromatic rings. The minimum absolute atomic E-state index is 0.0441. The van der Waals surface area contributed by atoms with Gasteiger partial charge in [-0.1, -0.05) is 29.8 Å². The Bertz CT molecular complexity index is 944. The SMILES string of the molecule is COc1cc(OC)cc(C(=O)NCC23C[C@H]4C[C@H](C2)CC(c2ccc(C)cc2)(C4)C3)c1. The quantitative estimate of drug-likeness (QED) is 0.693. The molecule has 4 saturated carbocycles. The number of methoxy groups -OCH3 is 2. The van der Waals surface area contributed by atoms with Gasteiger partial charge in [-0.25, -0.2) is 0 Å². The third-order valence-electron chi connectivity index (χ3n) is 8.08. The number of hydrogen-bond donors (Lipinski definition) is 1. The Morgan fingerprint density at radius 2 is 1.58 bits per heavy atom. The highest BCUT2D eigenvalue weighted by atomic mass is 16.5. The van der Waals surface area contributed by atoms with E-state index in [1.807, 2.05) is 0 Å². The van der Waals surface area contributed by atoms with Crippen molar-refractivity contribution in [3.05, 3.63) is 59.2 Å². The van der Waals surface area contributed by atoms with Gasteiger partial charge in [-0.15, -0.1) is 0 Å². The molecule has 0 radical (unpaired) electrons. The van der Waals surface area contributed by atoms with E-state index in [2.05, 4.69) is 36.5 Å². The van der Waals surface area contributed by atoms with Crippen LogP contribution >= 0.6 is 0 Å². The van der Waals surface area contributed by atoms with E-state index >= 15 is 0 Å². The molecule has 4 aliphatic carbocycles. The highest BCUT2D eigenvalue weighted by Gasteiger charge is 2.58. The van der Waals surface area contributed by atoms with E-state index in [-0.39, 0.29) is 11.3 Å². The first kappa shape index (κ1) is 20.4. The molecule has 4 bridgehead atoms. The van der Waals surface area contributed by atoms with E-state index in [0.717, 1.165) is 18.4 Å². The highest BCUT2D eigenvalue weighted by molar-refractivity contribution is 5.95. The molecule has 2 aromatic carbocycles. The van der Waals surface area contributed by atoms with E-state index in [4.69, 9.17) is 9.47 Å². The minimum atomic E-state index is -0.0441. The van der Waals surface area contributed by atoms with E-state index in [1.165, 1.54) is 49.7 Å². The summed E-state index contributed by atoms with van der Waals surface area (Å²) in [4.78, 5) is 13.0. The Balaban J connectivity index is 1.36. The summed E-state index contributed by atoms with van der Waals surface area (Å²) in [7, 11) is 3.22. The summed E-state index contributed by atoms with van der Waals surface area (Å²) >= 11 is 0. The summed E-state index contributed by atoms with van der Waals surface area (Å²) in [5.74, 6) is 2.81. The molecule has 6 rings (SSSR count). The molecule has 2 atom stereocenters. The van der Waals surface area contributed by atoms with Gasteiger partial charge in [-0.05, 0) is 85.8 Å². The predicted octanol–water partition coefficient (Wildman–Crippen LogP) is 5.28. The van der Waals surface area contributed by atoms with Gasteiger partial charge < -0.3 is 14.8 Å². The molecular weight excluding hydrogens is 386 g/mol. The molecule has 31 heavy (non-hydrogen) atoms. The number of hydrogen-bond acceptors (Lipinski definition) is 3. The van der Waals surface area contributed by atoms with Crippen molar-refractivity contribution >= 4 is 5.91 Å². The highest BCUT2D eigenvalue weighted by Crippen LogP contribution is 2.65. The van der Waals surface area contributed by atoms with Crippen LogP contribution in [0.4, 0.5) is 0 Å². The second-order valence-corrected chi connectivity index (χ2v) is 10.4. The summed E-state index contributed by atoms with van der Waals surface area (Å²) in [5, 5.41) is 3.29. The van der Waals surface area contributed by atoms with Crippen molar-refractivity contribution in [3.8, 4) is 11.5 Å². The second-order valence-electron chi connectivity index (χ2n) is 10.4. The number of ether oxygens (including phenoxy) is 2. The zero-order chi connectivity index (χ0) is 21.6. The van der Waals surface area contributed by atoms with E-state index in [0.29, 0.717) is 22.5 Å². The average molecular weight is 420 g/mol. The van der Waals surface area contributed by atoms with Crippen LogP contribution in [0.2, 0.25) is 0 Å². The lowest BCUT2D eigenvalue weighted by molar-refractivity contribution is -0.0697. The van der Waals surface area contributed by atoms with Crippen LogP contribution in [0.5, 0.6) is 11.5 Å². The molecule has 0 saturated heterocycles. The Labute approximate surface area is 185 Å². The van der Waals surface area contributed by atoms with Crippen LogP contribution in [0.25, 0.3) is 0 Å². The number of rotatable bonds is 6. The molecular formula is C27H33NO3. The predicted molar refractivity (Wildman–Crippen MR) is 122 cm³/mol. The number of amides is 1. The smallest absolute Gasteiger partial charge is 0.251 e. The number of benzene rings is 2. The number of nitrogens with one attached hydrogen (secondary N) is 1. The molecule has 4 fully saturated rings. The maximum absolute atomic E-state index is 13.0. The Hall–Kier alpha value is -2.49. The van der Waals surface area contributed by atoms with Gasteiger partial charge in [-0.3, -0.25) is 4.79 Å². The van der Waals surface area contributed by atoms with Gasteiger partial charge >= 0.3 is 0 Å². The summed E-state index contributed by atoms with van der Waals surface area (Å²) in [5.41, 5.74) is 3.94. The Kier molecular flexibility index (Phi) is 4.99. The molecule has 0 heterocycles. The second kappa shape index (κ2) is 7.58. The molecule has 4 heteroatoms. The topological polar surface area (TPSA) is 47.6 Å². The minimum Gasteiger partial charge on any atom is -0.497 e. The maximum Gasteiger partial charge on any atom is 0.251 e. The third-order valence-corrected chi connectivity index (χ3v) is 8.08. The maximum atomic E-state index is 13.0. The fraction of sp³-hybridized carbons (Fsp3) is 0.519. The first-order chi connectivity index (χ1) is 14.9. The van der Waals surface area contributed by atoms with Crippen molar-refractivity contribution in [2.24, 2.45) is 17.3 Å². The van der Waals surface area contributed by atoms with Crippen LogP contribution in [-0.2, 0) is 5.41 Å². The zero-order valence-corrected chi connectivity index (χ0v) is 18.9. The lowest BCUT2D eigenvalue weighted by Gasteiger charge is -2.62. The molecule has 4 nitrogen and oxygen atoms in total. The van der Waals surface area contributed by atoms with Crippen molar-refractivity contribution in [3.63, 3.8) is 0 Å². The summed E-state index contributed by atoms with van der Waals surface area (Å²) in [6, 6.07) is 14.6. The molecule has 0 aliphatic heterocycles. The summed E-state index contributed by atoms with van der Waals surface area (Å²) in [6.07, 6.45) is 7.69. The van der Waals surface area contributed by atoms with Gasteiger partial charge in [0.1, 0.15) is 11.5 Å². The first-order valence-electron chi connectivity index (χ1n) is 11.5. The van der Waals surface area contributed by atoms with Crippen LogP contribution in [0, 0.1) is 24.2 Å². The number of aryl methyl sites for hydroxylation is 1. The third kappa shape index (κ3) is 3.71. The zero-order valence-electron chi connectivity index (χ0n) is 18.9. The van der Waals surface area contributed by atoms with Crippen molar-refractivity contribution < 1.29 is 14.3 Å². The number of carbonyl (C=O) groups is 1. The van der Waals surface area contributed by atoms with Gasteiger partial charge in [0.15, 0.2) is 0 Å². The molecule has 164 valence electrons. The van der Waals surface area contributed by atoms with Crippen LogP contribution in [-0.4, -0.2) is 26.7 Å². The lowest BCUT2D eigenvalue weighted by atomic mass is 9.43. The van der Waals surface area contributed by atoms with E-state index in [9.17, 15) is 4.79 Å². The fourth-order valence-electron chi connectivity index (χ4n) is 7.21. The number of carbonyl (C=O) groups excluding carboxylic acids is 1. The lowest BCUT2D eigenvalue weighted by Crippen LogP contribution is -2.57. The van der Waals surface area contributed by atoms with Crippen LogP contribution < -0.4 is 14.8 Å². The van der Waals surface area contributed by atoms with Crippen molar-refractivity contribution in [2.75, 3.05) is 20.8 Å². The van der Waals surface area contributed by atoms with Crippen LogP contribution in [0.1, 0.15) is 60.0 Å². The summed E-state index contributed by atoms with van der Waals surface area (Å²) < 4.78 is 10.7. The van der Waals surface area contributed by atoms with Gasteiger partial charge in [0.05, 0.1) is 14.2 Å². The van der Waals surface area contributed by atoms with Gasteiger partial charge in [0, 0.05) is 18.2 Å². The van der Waals surface area contributed by atoms with Crippen molar-refractivity contribution in [1.82, 2.24) is 5.32 Å². The largest absolute Gasteiger partial charge is 0.497 e. The molecule has 1 N–H and O–H groups in total. The molecule has 0 unspecified atom stereocenters. The standard InChI is InChI=1S/C27H33NO3/c1-18-4-6-22(7-5-18)27-14-19-8-20(15-27)13-26(12-19,16-27)17-28-25(29)21-9-23(30-2)11-24(10-21)31-3/h4-7,9-11,19-20H,8,12-17H2,1-3H3,(H,28,29)/t19-,20-,26?,27?/m1/s1. The normalized spacial score (nSPS) is 30.8. The monoisotopic (exact) mass is 419 g/mol. The Morgan fingerprint density at radius 1 is 0.968 bits per heavy atom. The Morgan fingerprint density at radius 3 is 2.16 bits per heavy atom. The summed E-state index contributed by atoms with van der Waals surface area (Å²) in [6.45, 7) is 2.92. The van der Waals surface area contributed by atoms with Gasteiger partial charge in [0.2, 0.25) is 0 Å². The van der Waals surface area contributed by atoms with Crippen LogP contribution in [0.15, 0.2) is 42.5 Å². The van der Waals surface area contributed by atoms with Gasteiger partial charge in [-0.2, -0.15) is 0 Å². The van der Waals surface area contributed by atoms with Crippen molar-refractivity contribution in [1.29, 1.82) is 0 Å². The average Bonchev–Trinajstić information content (AvgIpc) is 2.76. The van der Waals surface area contributed by atoms with Gasteiger partial charge in [0.25, 0.3) is 5.91 Å². The van der Waals surface area contributed by atoms with Crippen molar-refractivity contribution in [2.45, 2.75) is 50.9 Å². The van der Waals surface area contributed by atoms with Crippen LogP contribution in [0.3, 0.4) is 0 Å². The molecule has 0 spiro atoms. The van der Waals surface area contributed by atoms with E-state index < -0.39 is 0 Å².